The van der Waals surface area contributed by atoms with E-state index in [0.29, 0.717) is 12.5 Å². The van der Waals surface area contributed by atoms with Gasteiger partial charge >= 0.3 is 0 Å². The average Bonchev–Trinajstić information content (AvgIpc) is 2.97. The fourth-order valence-electron chi connectivity index (χ4n) is 2.37. The highest BCUT2D eigenvalue weighted by Crippen LogP contribution is 2.23. The van der Waals surface area contributed by atoms with Crippen molar-refractivity contribution in [3.05, 3.63) is 36.9 Å². The summed E-state index contributed by atoms with van der Waals surface area (Å²) in [5.74, 6) is 2.30. The molecule has 3 heterocycles. The Kier molecular flexibility index (Phi) is 4.14. The minimum absolute atomic E-state index is 0.153. The summed E-state index contributed by atoms with van der Waals surface area (Å²) in [6.07, 6.45) is 6.13. The van der Waals surface area contributed by atoms with Gasteiger partial charge in [-0.05, 0) is 19.1 Å². The Hall–Kier alpha value is -2.37. The van der Waals surface area contributed by atoms with Crippen LogP contribution in [0.3, 0.4) is 0 Å². The van der Waals surface area contributed by atoms with Crippen molar-refractivity contribution in [2.24, 2.45) is 0 Å². The van der Waals surface area contributed by atoms with E-state index < -0.39 is 0 Å². The zero-order valence-corrected chi connectivity index (χ0v) is 12.0. The molecule has 2 aromatic heterocycles. The highest BCUT2D eigenvalue weighted by Gasteiger charge is 2.25. The summed E-state index contributed by atoms with van der Waals surface area (Å²) in [6, 6.07) is 5.67. The summed E-state index contributed by atoms with van der Waals surface area (Å²) in [7, 11) is 0. The third-order valence-corrected chi connectivity index (χ3v) is 3.33. The molecule has 0 amide bonds. The van der Waals surface area contributed by atoms with Gasteiger partial charge in [-0.15, -0.1) is 0 Å². The number of pyridine rings is 1. The van der Waals surface area contributed by atoms with E-state index in [1.807, 2.05) is 25.1 Å². The Morgan fingerprint density at radius 2 is 2.33 bits per heavy atom. The number of hydrogen-bond donors (Lipinski definition) is 0. The fourth-order valence-corrected chi connectivity index (χ4v) is 2.37. The van der Waals surface area contributed by atoms with Crippen LogP contribution in [0.5, 0.6) is 11.6 Å². The van der Waals surface area contributed by atoms with Crippen LogP contribution in [-0.4, -0.2) is 40.8 Å². The first-order chi connectivity index (χ1) is 10.3. The van der Waals surface area contributed by atoms with Crippen LogP contribution in [0.25, 0.3) is 0 Å². The summed E-state index contributed by atoms with van der Waals surface area (Å²) in [6.45, 7) is 4.25. The lowest BCUT2D eigenvalue weighted by Crippen LogP contribution is -2.25. The number of anilines is 1. The van der Waals surface area contributed by atoms with Crippen LogP contribution in [0.4, 0.5) is 5.82 Å². The molecule has 1 saturated heterocycles. The zero-order valence-electron chi connectivity index (χ0n) is 12.0. The van der Waals surface area contributed by atoms with Crippen molar-refractivity contribution < 1.29 is 9.47 Å². The lowest BCUT2D eigenvalue weighted by molar-refractivity contribution is 0.224. The standard InChI is InChI=1S/C15H18N4O2/c1-2-20-15-8-14(17-11-18-15)19-7-5-13(10-19)21-12-4-3-6-16-9-12/h3-4,6,8-9,11,13H,2,5,7,10H2,1H3. The number of hydrogen-bond acceptors (Lipinski definition) is 6. The second-order valence-electron chi connectivity index (χ2n) is 4.81. The molecule has 1 unspecified atom stereocenters. The van der Waals surface area contributed by atoms with Crippen molar-refractivity contribution in [3.8, 4) is 11.6 Å². The SMILES string of the molecule is CCOc1cc(N2CCC(Oc3cccnc3)C2)ncn1. The zero-order chi connectivity index (χ0) is 14.5. The molecule has 6 nitrogen and oxygen atoms in total. The van der Waals surface area contributed by atoms with Gasteiger partial charge in [0.25, 0.3) is 0 Å². The topological polar surface area (TPSA) is 60.4 Å². The van der Waals surface area contributed by atoms with Gasteiger partial charge in [-0.2, -0.15) is 0 Å². The van der Waals surface area contributed by atoms with Gasteiger partial charge < -0.3 is 14.4 Å². The maximum atomic E-state index is 5.93. The first kappa shape index (κ1) is 13.6. The van der Waals surface area contributed by atoms with E-state index in [4.69, 9.17) is 9.47 Å². The second kappa shape index (κ2) is 6.39. The molecule has 21 heavy (non-hydrogen) atoms. The molecule has 0 aromatic carbocycles. The molecule has 0 spiro atoms. The van der Waals surface area contributed by atoms with Crippen LogP contribution in [0.1, 0.15) is 13.3 Å². The van der Waals surface area contributed by atoms with E-state index in [-0.39, 0.29) is 6.10 Å². The molecule has 1 fully saturated rings. The van der Waals surface area contributed by atoms with Crippen LogP contribution >= 0.6 is 0 Å². The Labute approximate surface area is 123 Å². The molecule has 1 atom stereocenters. The van der Waals surface area contributed by atoms with Crippen LogP contribution in [0.2, 0.25) is 0 Å². The van der Waals surface area contributed by atoms with Gasteiger partial charge in [0.15, 0.2) is 0 Å². The van der Waals surface area contributed by atoms with Gasteiger partial charge in [0, 0.05) is 25.2 Å². The number of ether oxygens (including phenoxy) is 2. The average molecular weight is 286 g/mol. The molecule has 110 valence electrons. The first-order valence-corrected chi connectivity index (χ1v) is 7.11. The van der Waals surface area contributed by atoms with Crippen LogP contribution in [0, 0.1) is 0 Å². The molecular formula is C15H18N4O2. The van der Waals surface area contributed by atoms with E-state index in [0.717, 1.165) is 31.1 Å². The van der Waals surface area contributed by atoms with E-state index in [1.165, 1.54) is 6.33 Å². The Balaban J connectivity index is 1.63. The van der Waals surface area contributed by atoms with Gasteiger partial charge in [-0.3, -0.25) is 4.98 Å². The Morgan fingerprint density at radius 1 is 1.38 bits per heavy atom. The van der Waals surface area contributed by atoms with E-state index in [1.54, 1.807) is 12.4 Å². The van der Waals surface area contributed by atoms with Crippen LogP contribution in [-0.2, 0) is 0 Å². The minimum atomic E-state index is 0.153. The molecule has 1 aliphatic rings. The number of nitrogens with zero attached hydrogens (tertiary/aromatic N) is 4. The van der Waals surface area contributed by atoms with Crippen molar-refractivity contribution in [1.29, 1.82) is 0 Å². The molecular weight excluding hydrogens is 268 g/mol. The quantitative estimate of drug-likeness (QED) is 0.837. The van der Waals surface area contributed by atoms with Gasteiger partial charge in [-0.25, -0.2) is 9.97 Å². The molecule has 0 radical (unpaired) electrons. The van der Waals surface area contributed by atoms with Crippen molar-refractivity contribution >= 4 is 5.82 Å². The summed E-state index contributed by atoms with van der Waals surface area (Å²) >= 11 is 0. The molecule has 0 N–H and O–H groups in total. The van der Waals surface area contributed by atoms with Gasteiger partial charge in [0.1, 0.15) is 24.0 Å². The maximum absolute atomic E-state index is 5.93. The normalized spacial score (nSPS) is 17.8. The minimum Gasteiger partial charge on any atom is -0.487 e. The largest absolute Gasteiger partial charge is 0.487 e. The lowest BCUT2D eigenvalue weighted by Gasteiger charge is -2.18. The lowest BCUT2D eigenvalue weighted by atomic mass is 10.3. The van der Waals surface area contributed by atoms with E-state index in [9.17, 15) is 0 Å². The second-order valence-corrected chi connectivity index (χ2v) is 4.81. The summed E-state index contributed by atoms with van der Waals surface area (Å²) < 4.78 is 11.3. The van der Waals surface area contributed by atoms with Crippen molar-refractivity contribution in [3.63, 3.8) is 0 Å². The van der Waals surface area contributed by atoms with Gasteiger partial charge in [0.05, 0.1) is 19.3 Å². The Morgan fingerprint density at radius 3 is 3.14 bits per heavy atom. The van der Waals surface area contributed by atoms with Crippen molar-refractivity contribution in [2.75, 3.05) is 24.6 Å². The summed E-state index contributed by atoms with van der Waals surface area (Å²) in [5, 5.41) is 0. The summed E-state index contributed by atoms with van der Waals surface area (Å²) in [5.41, 5.74) is 0. The van der Waals surface area contributed by atoms with E-state index in [2.05, 4.69) is 19.9 Å². The fraction of sp³-hybridized carbons (Fsp3) is 0.400. The monoisotopic (exact) mass is 286 g/mol. The number of rotatable bonds is 5. The maximum Gasteiger partial charge on any atom is 0.218 e. The molecule has 0 aliphatic carbocycles. The molecule has 6 heteroatoms. The van der Waals surface area contributed by atoms with Crippen molar-refractivity contribution in [2.45, 2.75) is 19.4 Å². The first-order valence-electron chi connectivity index (χ1n) is 7.11. The highest BCUT2D eigenvalue weighted by atomic mass is 16.5. The molecule has 0 bridgehead atoms. The van der Waals surface area contributed by atoms with Crippen LogP contribution < -0.4 is 14.4 Å². The third-order valence-electron chi connectivity index (χ3n) is 3.33. The van der Waals surface area contributed by atoms with Crippen LogP contribution in [0.15, 0.2) is 36.9 Å². The highest BCUT2D eigenvalue weighted by molar-refractivity contribution is 5.42. The molecule has 1 aliphatic heterocycles. The van der Waals surface area contributed by atoms with E-state index >= 15 is 0 Å². The smallest absolute Gasteiger partial charge is 0.218 e. The third kappa shape index (κ3) is 3.39. The molecule has 0 saturated carbocycles. The summed E-state index contributed by atoms with van der Waals surface area (Å²) in [4.78, 5) is 14.6. The number of aromatic nitrogens is 3. The van der Waals surface area contributed by atoms with Gasteiger partial charge in [-0.1, -0.05) is 0 Å². The molecule has 2 aromatic rings. The Bertz CT molecular complexity index is 579. The predicted molar refractivity (Wildman–Crippen MR) is 78.7 cm³/mol. The van der Waals surface area contributed by atoms with Crippen molar-refractivity contribution in [1.82, 2.24) is 15.0 Å². The van der Waals surface area contributed by atoms with Gasteiger partial charge in [0.2, 0.25) is 5.88 Å². The molecule has 3 rings (SSSR count). The predicted octanol–water partition coefficient (Wildman–Crippen LogP) is 1.93.